The molecule has 2 saturated carbocycles. The van der Waals surface area contributed by atoms with Gasteiger partial charge in [0.2, 0.25) is 5.43 Å². The summed E-state index contributed by atoms with van der Waals surface area (Å²) in [6.07, 6.45) is 7.37. The molecule has 0 radical (unpaired) electrons. The Hall–Kier alpha value is -2.53. The smallest absolute Gasteiger partial charge is 0.257 e. The summed E-state index contributed by atoms with van der Waals surface area (Å²) in [6, 6.07) is 16.3. The number of nitrogens with one attached hydrogen (secondary N) is 1. The van der Waals surface area contributed by atoms with Crippen LogP contribution in [-0.2, 0) is 6.54 Å². The second-order valence-corrected chi connectivity index (χ2v) is 12.5. The number of amides is 1. The summed E-state index contributed by atoms with van der Waals surface area (Å²) in [4.78, 5) is 29.4. The summed E-state index contributed by atoms with van der Waals surface area (Å²) in [7, 11) is 0. The first-order valence-electron chi connectivity index (χ1n) is 12.9. The Labute approximate surface area is 212 Å². The quantitative estimate of drug-likeness (QED) is 0.394. The van der Waals surface area contributed by atoms with Gasteiger partial charge >= 0.3 is 0 Å². The lowest BCUT2D eigenvalue weighted by Crippen LogP contribution is -2.53. The molecular formula is C30H36N2O2S. The molecule has 1 N–H and O–H groups in total. The number of hydrogen-bond acceptors (Lipinski definition) is 3. The molecule has 2 fully saturated rings. The molecule has 1 aromatic heterocycles. The third-order valence-electron chi connectivity index (χ3n) is 8.57. The molecule has 3 atom stereocenters. The van der Waals surface area contributed by atoms with Gasteiger partial charge in [0, 0.05) is 34.0 Å². The van der Waals surface area contributed by atoms with E-state index in [-0.39, 0.29) is 33.8 Å². The van der Waals surface area contributed by atoms with Gasteiger partial charge in [0.15, 0.2) is 0 Å². The van der Waals surface area contributed by atoms with Crippen LogP contribution in [0.5, 0.6) is 0 Å². The van der Waals surface area contributed by atoms with E-state index >= 15 is 0 Å². The number of aryl methyl sites for hydroxylation is 1. The molecule has 2 aliphatic carbocycles. The fourth-order valence-electron chi connectivity index (χ4n) is 6.60. The average Bonchev–Trinajstić information content (AvgIpc) is 3.33. The molecule has 2 aliphatic rings. The van der Waals surface area contributed by atoms with Crippen LogP contribution in [0, 0.1) is 16.7 Å². The minimum Gasteiger partial charge on any atom is -0.348 e. The zero-order valence-corrected chi connectivity index (χ0v) is 22.1. The maximum Gasteiger partial charge on any atom is 0.257 e. The number of carbonyl (C=O) groups is 1. The van der Waals surface area contributed by atoms with Gasteiger partial charge in [-0.05, 0) is 72.8 Å². The van der Waals surface area contributed by atoms with E-state index in [1.807, 2.05) is 30.3 Å². The summed E-state index contributed by atoms with van der Waals surface area (Å²) in [5, 5.41) is 3.95. The summed E-state index contributed by atoms with van der Waals surface area (Å²) in [6.45, 7) is 9.80. The Balaban J connectivity index is 1.51. The monoisotopic (exact) mass is 488 g/mol. The Morgan fingerprint density at radius 2 is 1.89 bits per heavy atom. The molecule has 1 unspecified atom stereocenters. The molecule has 3 aromatic rings. The Morgan fingerprint density at radius 3 is 2.57 bits per heavy atom. The van der Waals surface area contributed by atoms with Crippen molar-refractivity contribution in [2.24, 2.45) is 16.7 Å². The summed E-state index contributed by atoms with van der Waals surface area (Å²) in [5.41, 5.74) is 1.15. The number of pyridine rings is 1. The van der Waals surface area contributed by atoms with Crippen molar-refractivity contribution in [3.63, 3.8) is 0 Å². The molecule has 0 aliphatic heterocycles. The van der Waals surface area contributed by atoms with Gasteiger partial charge < -0.3 is 9.88 Å². The first-order chi connectivity index (χ1) is 16.7. The molecule has 0 spiro atoms. The molecule has 5 rings (SSSR count). The van der Waals surface area contributed by atoms with Gasteiger partial charge in [-0.25, -0.2) is 0 Å². The van der Waals surface area contributed by atoms with Crippen molar-refractivity contribution in [1.82, 2.24) is 9.88 Å². The maximum absolute atomic E-state index is 13.6. The second kappa shape index (κ2) is 9.16. The van der Waals surface area contributed by atoms with Gasteiger partial charge in [0.1, 0.15) is 5.56 Å². The molecule has 4 nitrogen and oxygen atoms in total. The Bertz CT molecular complexity index is 1310. The average molecular weight is 489 g/mol. The highest BCUT2D eigenvalue weighted by Crippen LogP contribution is 2.62. The predicted molar refractivity (Wildman–Crippen MR) is 144 cm³/mol. The third kappa shape index (κ3) is 4.33. The van der Waals surface area contributed by atoms with Crippen LogP contribution < -0.4 is 10.7 Å². The molecule has 2 aromatic carbocycles. The van der Waals surface area contributed by atoms with Crippen LogP contribution in [0.25, 0.3) is 10.9 Å². The number of rotatable bonds is 7. The SMILES string of the molecule is CCCCn1cc(C(=O)N[C@@H]2C(C)(C)C3CC[C@]2(C)C3)c(=O)c2ccc(Sc3ccccc3)cc21. The number of fused-ring (bicyclic) bond motifs is 3. The summed E-state index contributed by atoms with van der Waals surface area (Å²) in [5.74, 6) is 0.410. The lowest BCUT2D eigenvalue weighted by atomic mass is 9.68. The molecule has 184 valence electrons. The van der Waals surface area contributed by atoms with Gasteiger partial charge in [0.25, 0.3) is 5.91 Å². The zero-order chi connectivity index (χ0) is 24.8. The van der Waals surface area contributed by atoms with Crippen molar-refractivity contribution in [3.8, 4) is 0 Å². The van der Waals surface area contributed by atoms with Crippen molar-refractivity contribution in [2.45, 2.75) is 82.2 Å². The first-order valence-corrected chi connectivity index (χ1v) is 13.8. The minimum absolute atomic E-state index is 0.0459. The van der Waals surface area contributed by atoms with E-state index < -0.39 is 0 Å². The van der Waals surface area contributed by atoms with Crippen LogP contribution >= 0.6 is 11.8 Å². The van der Waals surface area contributed by atoms with E-state index in [1.54, 1.807) is 18.0 Å². The number of unbranched alkanes of at least 4 members (excludes halogenated alkanes) is 1. The fraction of sp³-hybridized carbons (Fsp3) is 0.467. The van der Waals surface area contributed by atoms with Crippen molar-refractivity contribution in [1.29, 1.82) is 0 Å². The molecule has 2 bridgehead atoms. The number of aromatic nitrogens is 1. The third-order valence-corrected chi connectivity index (χ3v) is 9.57. The van der Waals surface area contributed by atoms with Gasteiger partial charge in [-0.15, -0.1) is 0 Å². The van der Waals surface area contributed by atoms with E-state index in [1.165, 1.54) is 6.42 Å². The van der Waals surface area contributed by atoms with Gasteiger partial charge in [-0.2, -0.15) is 0 Å². The van der Waals surface area contributed by atoms with E-state index in [0.717, 1.165) is 47.5 Å². The van der Waals surface area contributed by atoms with E-state index in [9.17, 15) is 9.59 Å². The normalized spacial score (nSPS) is 24.7. The van der Waals surface area contributed by atoms with Crippen LogP contribution in [0.3, 0.4) is 0 Å². The number of benzene rings is 2. The topological polar surface area (TPSA) is 51.1 Å². The van der Waals surface area contributed by atoms with Crippen LogP contribution in [0.1, 0.15) is 70.2 Å². The van der Waals surface area contributed by atoms with Crippen molar-refractivity contribution in [3.05, 3.63) is 70.5 Å². The molecule has 35 heavy (non-hydrogen) atoms. The van der Waals surface area contributed by atoms with Crippen molar-refractivity contribution < 1.29 is 4.79 Å². The molecule has 0 saturated heterocycles. The molecule has 1 amide bonds. The van der Waals surface area contributed by atoms with E-state index in [0.29, 0.717) is 11.3 Å². The Morgan fingerprint density at radius 1 is 1.11 bits per heavy atom. The van der Waals surface area contributed by atoms with E-state index in [4.69, 9.17) is 0 Å². The van der Waals surface area contributed by atoms with Crippen LogP contribution in [0.2, 0.25) is 0 Å². The number of nitrogens with zero attached hydrogens (tertiary/aromatic N) is 1. The van der Waals surface area contributed by atoms with Gasteiger partial charge in [-0.1, -0.05) is 64.1 Å². The highest BCUT2D eigenvalue weighted by Gasteiger charge is 2.59. The van der Waals surface area contributed by atoms with E-state index in [2.05, 4.69) is 55.8 Å². The first kappa shape index (κ1) is 24.2. The zero-order valence-electron chi connectivity index (χ0n) is 21.3. The van der Waals surface area contributed by atoms with Crippen LogP contribution in [0.15, 0.2) is 69.3 Å². The highest BCUT2D eigenvalue weighted by molar-refractivity contribution is 7.99. The number of carbonyl (C=O) groups excluding carboxylic acids is 1. The minimum atomic E-state index is -0.225. The Kier molecular flexibility index (Phi) is 6.33. The summed E-state index contributed by atoms with van der Waals surface area (Å²) >= 11 is 1.68. The molecule has 1 heterocycles. The lowest BCUT2D eigenvalue weighted by Gasteiger charge is -2.43. The fourth-order valence-corrected chi connectivity index (χ4v) is 7.48. The van der Waals surface area contributed by atoms with Crippen molar-refractivity contribution in [2.75, 3.05) is 0 Å². The molecular weight excluding hydrogens is 452 g/mol. The lowest BCUT2D eigenvalue weighted by molar-refractivity contribution is 0.0736. The predicted octanol–water partition coefficient (Wildman–Crippen LogP) is 6.90. The van der Waals surface area contributed by atoms with Gasteiger partial charge in [0.05, 0.1) is 5.52 Å². The molecule has 5 heteroatoms. The number of hydrogen-bond donors (Lipinski definition) is 1. The summed E-state index contributed by atoms with van der Waals surface area (Å²) < 4.78 is 2.11. The standard InChI is InChI=1S/C30H36N2O2S/c1-5-6-16-32-19-24(27(34)31-28-29(2,3)20-14-15-30(28,4)18-20)26(33)23-13-12-22(17-25(23)32)35-21-10-8-7-9-11-21/h7-13,17,19-20,28H,5-6,14-16,18H2,1-4H3,(H,31,34)/t20?,28-,30-/m1/s1. The maximum atomic E-state index is 13.6. The highest BCUT2D eigenvalue weighted by atomic mass is 32.2. The second-order valence-electron chi connectivity index (χ2n) is 11.3. The van der Waals surface area contributed by atoms with Crippen molar-refractivity contribution >= 4 is 28.6 Å². The van der Waals surface area contributed by atoms with Gasteiger partial charge in [-0.3, -0.25) is 9.59 Å². The van der Waals surface area contributed by atoms with Crippen LogP contribution in [0.4, 0.5) is 0 Å². The van der Waals surface area contributed by atoms with Crippen LogP contribution in [-0.4, -0.2) is 16.5 Å². The largest absolute Gasteiger partial charge is 0.348 e.